The first-order valence-corrected chi connectivity index (χ1v) is 9.24. The molecule has 7 heteroatoms. The van der Waals surface area contributed by atoms with Crippen molar-refractivity contribution < 1.29 is 23.0 Å². The van der Waals surface area contributed by atoms with Crippen LogP contribution >= 0.6 is 0 Å². The van der Waals surface area contributed by atoms with Crippen molar-refractivity contribution in [1.82, 2.24) is 9.80 Å². The van der Waals surface area contributed by atoms with Crippen LogP contribution in [0, 0.1) is 0 Å². The van der Waals surface area contributed by atoms with Crippen molar-refractivity contribution in [3.63, 3.8) is 0 Å². The van der Waals surface area contributed by atoms with Crippen LogP contribution in [0.1, 0.15) is 37.2 Å². The van der Waals surface area contributed by atoms with Gasteiger partial charge in [0.1, 0.15) is 5.75 Å². The molecule has 1 saturated heterocycles. The van der Waals surface area contributed by atoms with Crippen LogP contribution in [0.2, 0.25) is 0 Å². The van der Waals surface area contributed by atoms with E-state index in [0.29, 0.717) is 0 Å². The Labute approximate surface area is 152 Å². The maximum Gasteiger partial charge on any atom is 0.573 e. The van der Waals surface area contributed by atoms with E-state index in [0.717, 1.165) is 64.0 Å². The minimum atomic E-state index is -4.69. The Morgan fingerprint density at radius 2 is 1.77 bits per heavy atom. The van der Waals surface area contributed by atoms with Crippen LogP contribution < -0.4 is 4.74 Å². The van der Waals surface area contributed by atoms with Crippen molar-refractivity contribution >= 4 is 0 Å². The summed E-state index contributed by atoms with van der Waals surface area (Å²) in [4.78, 5) is 4.67. The van der Waals surface area contributed by atoms with Crippen LogP contribution in [-0.2, 0) is 0 Å². The molecule has 2 aliphatic rings. The average Bonchev–Trinajstić information content (AvgIpc) is 2.74. The van der Waals surface area contributed by atoms with Crippen molar-refractivity contribution in [3.05, 3.63) is 29.8 Å². The van der Waals surface area contributed by atoms with Gasteiger partial charge in [-0.25, -0.2) is 0 Å². The number of likely N-dealkylation sites (N-methyl/N-ethyl adjacent to an activating group) is 1. The fourth-order valence-electron chi connectivity index (χ4n) is 3.92. The molecule has 3 rings (SSSR count). The zero-order chi connectivity index (χ0) is 18.8. The zero-order valence-corrected chi connectivity index (χ0v) is 15.1. The third-order valence-corrected chi connectivity index (χ3v) is 5.64. The van der Waals surface area contributed by atoms with Gasteiger partial charge in [-0.05, 0) is 63.5 Å². The molecule has 1 atom stereocenters. The summed E-state index contributed by atoms with van der Waals surface area (Å²) in [6.07, 6.45) is -1.13. The lowest BCUT2D eigenvalue weighted by Crippen LogP contribution is -2.48. The molecule has 0 spiro atoms. The zero-order valence-electron chi connectivity index (χ0n) is 15.1. The number of hydrogen-bond acceptors (Lipinski definition) is 4. The Morgan fingerprint density at radius 1 is 1.08 bits per heavy atom. The van der Waals surface area contributed by atoms with E-state index in [1.807, 2.05) is 0 Å². The second kappa shape index (κ2) is 7.74. The summed E-state index contributed by atoms with van der Waals surface area (Å²) in [5.74, 6) is -0.323. The van der Waals surface area contributed by atoms with Gasteiger partial charge in [-0.1, -0.05) is 12.1 Å². The molecule has 1 N–H and O–H groups in total. The Balaban J connectivity index is 1.74. The summed E-state index contributed by atoms with van der Waals surface area (Å²) in [6.45, 7) is 4.70. The van der Waals surface area contributed by atoms with E-state index in [1.165, 1.54) is 12.1 Å². The van der Waals surface area contributed by atoms with Crippen molar-refractivity contribution in [1.29, 1.82) is 0 Å². The highest BCUT2D eigenvalue weighted by molar-refractivity contribution is 5.32. The molecule has 26 heavy (non-hydrogen) atoms. The molecule has 2 fully saturated rings. The molecular formula is C19H27F3N2O2. The molecule has 0 radical (unpaired) electrons. The van der Waals surface area contributed by atoms with E-state index in [9.17, 15) is 18.3 Å². The largest absolute Gasteiger partial charge is 0.573 e. The fourth-order valence-corrected chi connectivity index (χ4v) is 3.92. The highest BCUT2D eigenvalue weighted by Gasteiger charge is 2.43. The van der Waals surface area contributed by atoms with Crippen LogP contribution in [0.25, 0.3) is 0 Å². The van der Waals surface area contributed by atoms with Gasteiger partial charge < -0.3 is 19.6 Å². The highest BCUT2D eigenvalue weighted by Crippen LogP contribution is 2.44. The molecule has 1 saturated carbocycles. The summed E-state index contributed by atoms with van der Waals surface area (Å²) in [6, 6.07) is 6.00. The van der Waals surface area contributed by atoms with Gasteiger partial charge in [-0.15, -0.1) is 13.2 Å². The highest BCUT2D eigenvalue weighted by atomic mass is 19.4. The summed E-state index contributed by atoms with van der Waals surface area (Å²) >= 11 is 0. The molecule has 1 unspecified atom stereocenters. The van der Waals surface area contributed by atoms with Crippen LogP contribution in [0.4, 0.5) is 13.2 Å². The summed E-state index contributed by atoms with van der Waals surface area (Å²) in [5, 5.41) is 11.0. The lowest BCUT2D eigenvalue weighted by atomic mass is 9.68. The molecule has 4 nitrogen and oxygen atoms in total. The summed E-state index contributed by atoms with van der Waals surface area (Å²) in [7, 11) is 2.11. The number of nitrogens with zero attached hydrogens (tertiary/aromatic N) is 2. The third-order valence-electron chi connectivity index (χ3n) is 5.64. The Kier molecular flexibility index (Phi) is 5.79. The molecule has 1 heterocycles. The van der Waals surface area contributed by atoms with Crippen molar-refractivity contribution in [2.75, 3.05) is 39.8 Å². The van der Waals surface area contributed by atoms with E-state index in [1.54, 1.807) is 12.1 Å². The SMILES string of the molecule is CN1CCCN(CC(c2ccc(OC(F)(F)F)cc2)C2(O)CCC2)CC1. The predicted molar refractivity (Wildman–Crippen MR) is 93.2 cm³/mol. The molecular weight excluding hydrogens is 345 g/mol. The number of hydrogen-bond donors (Lipinski definition) is 1. The molecule has 0 bridgehead atoms. The van der Waals surface area contributed by atoms with E-state index >= 15 is 0 Å². The predicted octanol–water partition coefficient (Wildman–Crippen LogP) is 3.22. The number of halogens is 3. The van der Waals surface area contributed by atoms with Crippen molar-refractivity contribution in [2.24, 2.45) is 0 Å². The first-order chi connectivity index (χ1) is 12.3. The van der Waals surface area contributed by atoms with Gasteiger partial charge >= 0.3 is 6.36 Å². The maximum atomic E-state index is 12.4. The summed E-state index contributed by atoms with van der Waals surface area (Å²) < 4.78 is 41.0. The molecule has 0 amide bonds. The number of aliphatic hydroxyl groups is 1. The molecule has 1 aromatic carbocycles. The topological polar surface area (TPSA) is 35.9 Å². The monoisotopic (exact) mass is 372 g/mol. The van der Waals surface area contributed by atoms with Gasteiger partial charge in [0.05, 0.1) is 5.60 Å². The molecule has 0 aromatic heterocycles. The smallest absolute Gasteiger partial charge is 0.406 e. The van der Waals surface area contributed by atoms with Gasteiger partial charge in [0.25, 0.3) is 0 Å². The van der Waals surface area contributed by atoms with E-state index in [4.69, 9.17) is 0 Å². The van der Waals surface area contributed by atoms with Crippen molar-refractivity contribution in [3.8, 4) is 5.75 Å². The fraction of sp³-hybridized carbons (Fsp3) is 0.684. The minimum absolute atomic E-state index is 0.0976. The number of benzene rings is 1. The van der Waals surface area contributed by atoms with Gasteiger partial charge in [-0.2, -0.15) is 0 Å². The summed E-state index contributed by atoms with van der Waals surface area (Å²) in [5.41, 5.74) is 0.115. The standard InChI is InChI=1S/C19H27F3N2O2/c1-23-10-3-11-24(13-12-23)14-17(18(25)8-2-9-18)15-4-6-16(7-5-15)26-19(20,21)22/h4-7,17,25H,2-3,8-14H2,1H3. The van der Waals surface area contributed by atoms with Crippen LogP contribution in [0.3, 0.4) is 0 Å². The lowest BCUT2D eigenvalue weighted by molar-refractivity contribution is -0.274. The maximum absolute atomic E-state index is 12.4. The van der Waals surface area contributed by atoms with Crippen LogP contribution in [-0.4, -0.2) is 66.6 Å². The van der Waals surface area contributed by atoms with E-state index < -0.39 is 12.0 Å². The molecule has 1 aromatic rings. The van der Waals surface area contributed by atoms with Crippen LogP contribution in [0.15, 0.2) is 24.3 Å². The number of ether oxygens (including phenoxy) is 1. The molecule has 1 aliphatic carbocycles. The molecule has 1 aliphatic heterocycles. The van der Waals surface area contributed by atoms with Gasteiger partial charge in [0.2, 0.25) is 0 Å². The number of rotatable bonds is 5. The second-order valence-corrected chi connectivity index (χ2v) is 7.58. The Hall–Kier alpha value is -1.31. The van der Waals surface area contributed by atoms with E-state index in [2.05, 4.69) is 21.6 Å². The van der Waals surface area contributed by atoms with Gasteiger partial charge in [0, 0.05) is 25.6 Å². The second-order valence-electron chi connectivity index (χ2n) is 7.58. The quantitative estimate of drug-likeness (QED) is 0.861. The lowest BCUT2D eigenvalue weighted by Gasteiger charge is -2.45. The molecule has 146 valence electrons. The van der Waals surface area contributed by atoms with Crippen LogP contribution in [0.5, 0.6) is 5.75 Å². The van der Waals surface area contributed by atoms with E-state index in [-0.39, 0.29) is 11.7 Å². The van der Waals surface area contributed by atoms with Gasteiger partial charge in [-0.3, -0.25) is 0 Å². The van der Waals surface area contributed by atoms with Crippen molar-refractivity contribution in [2.45, 2.75) is 43.6 Å². The number of alkyl halides is 3. The normalized spacial score (nSPS) is 23.1. The third kappa shape index (κ3) is 4.90. The average molecular weight is 372 g/mol. The minimum Gasteiger partial charge on any atom is -0.406 e. The first kappa shape index (κ1) is 19.5. The van der Waals surface area contributed by atoms with Gasteiger partial charge in [0.15, 0.2) is 0 Å². The Bertz CT molecular complexity index is 587. The first-order valence-electron chi connectivity index (χ1n) is 9.24. The Morgan fingerprint density at radius 3 is 2.35 bits per heavy atom.